The Morgan fingerprint density at radius 1 is 0.438 bits per heavy atom. The fraction of sp³-hybridized carbons (Fsp3) is 0.429. The molecule has 8 N–H and O–H groups in total. The van der Waals surface area contributed by atoms with Gasteiger partial charge in [0.15, 0.2) is 0 Å². The van der Waals surface area contributed by atoms with Crippen LogP contribution in [0.1, 0.15) is 0 Å². The second kappa shape index (κ2) is 17.5. The van der Waals surface area contributed by atoms with Gasteiger partial charge in [0, 0.05) is 102 Å². The summed E-state index contributed by atoms with van der Waals surface area (Å²) in [6.07, 6.45) is 12.7. The van der Waals surface area contributed by atoms with Crippen LogP contribution in [-0.2, 0) is 19.2 Å². The molecule has 0 aromatic carbocycles. The summed E-state index contributed by atoms with van der Waals surface area (Å²) in [6.45, 7) is 3.87. The van der Waals surface area contributed by atoms with E-state index in [0.717, 1.165) is 0 Å². The van der Waals surface area contributed by atoms with Crippen molar-refractivity contribution in [3.05, 3.63) is 49.6 Å². The normalized spacial score (nSPS) is 16.0. The molecule has 4 aromatic rings. The molecule has 48 heavy (non-hydrogen) atoms. The zero-order chi connectivity index (χ0) is 33.6. The van der Waals surface area contributed by atoms with Crippen molar-refractivity contribution >= 4 is 47.4 Å². The number of aromatic nitrogens is 8. The van der Waals surface area contributed by atoms with E-state index >= 15 is 0 Å². The predicted octanol–water partition coefficient (Wildman–Crippen LogP) is -1.34. The van der Waals surface area contributed by atoms with Crippen LogP contribution >= 0.6 is 0 Å². The highest BCUT2D eigenvalue weighted by Gasteiger charge is 2.22. The maximum absolute atomic E-state index is 12.9. The van der Waals surface area contributed by atoms with Crippen LogP contribution in [0.25, 0.3) is 0 Å². The van der Waals surface area contributed by atoms with Gasteiger partial charge >= 0.3 is 0 Å². The van der Waals surface area contributed by atoms with Crippen LogP contribution in [0.5, 0.6) is 0 Å². The molecular formula is C28H40N16O4. The lowest BCUT2D eigenvalue weighted by atomic mass is 10.3. The van der Waals surface area contributed by atoms with Gasteiger partial charge in [-0.1, -0.05) is 0 Å². The van der Waals surface area contributed by atoms with Crippen LogP contribution in [0.3, 0.4) is 0 Å². The molecule has 1 aliphatic rings. The Morgan fingerprint density at radius 3 is 0.812 bits per heavy atom. The van der Waals surface area contributed by atoms with E-state index < -0.39 is 0 Å². The molecule has 5 heterocycles. The number of aromatic amines is 4. The molecule has 0 unspecified atom stereocenters. The second-order valence-electron chi connectivity index (χ2n) is 11.0. The summed E-state index contributed by atoms with van der Waals surface area (Å²) in [5.41, 5.74) is 0. The number of nitrogens with zero attached hydrogens (tertiary/aromatic N) is 8. The predicted molar refractivity (Wildman–Crippen MR) is 175 cm³/mol. The number of H-pyrrole nitrogens is 4. The van der Waals surface area contributed by atoms with Crippen molar-refractivity contribution in [1.82, 2.24) is 59.5 Å². The van der Waals surface area contributed by atoms with Gasteiger partial charge in [-0.15, -0.1) is 0 Å². The SMILES string of the molecule is O=C(CN1CCN(CC(=O)Nc2ncc[nH]2)CCN(CC(=O)Nc2ncc[nH]2)CCN(CC(=O)Nc2ncc[nH]2)CC1)Nc1ncc[nH]1. The second-order valence-corrected chi connectivity index (χ2v) is 11.0. The average molecular weight is 665 g/mol. The highest BCUT2D eigenvalue weighted by atomic mass is 16.2. The summed E-state index contributed by atoms with van der Waals surface area (Å²) in [5.74, 6) is 0.363. The van der Waals surface area contributed by atoms with E-state index in [2.05, 4.69) is 61.1 Å². The number of nitrogens with one attached hydrogen (secondary N) is 8. The minimum absolute atomic E-state index is 0.0681. The Kier molecular flexibility index (Phi) is 12.3. The summed E-state index contributed by atoms with van der Waals surface area (Å²) >= 11 is 0. The molecule has 20 nitrogen and oxygen atoms in total. The third-order valence-corrected chi connectivity index (χ3v) is 7.42. The first-order chi connectivity index (χ1) is 23.4. The lowest BCUT2D eigenvalue weighted by Crippen LogP contribution is -2.50. The number of carbonyl (C=O) groups excluding carboxylic acids is 4. The minimum Gasteiger partial charge on any atom is -0.331 e. The van der Waals surface area contributed by atoms with Crippen LogP contribution in [0, 0.1) is 0 Å². The van der Waals surface area contributed by atoms with Crippen molar-refractivity contribution in [2.45, 2.75) is 0 Å². The largest absolute Gasteiger partial charge is 0.331 e. The number of hydrogen-bond donors (Lipinski definition) is 8. The quantitative estimate of drug-likeness (QED) is 0.0877. The maximum Gasteiger partial charge on any atom is 0.240 e. The van der Waals surface area contributed by atoms with Crippen LogP contribution in [0.15, 0.2) is 49.6 Å². The molecule has 5 rings (SSSR count). The lowest BCUT2D eigenvalue weighted by molar-refractivity contribution is -0.120. The number of hydrogen-bond acceptors (Lipinski definition) is 12. The molecule has 0 atom stereocenters. The third-order valence-electron chi connectivity index (χ3n) is 7.42. The number of anilines is 4. The fourth-order valence-corrected chi connectivity index (χ4v) is 5.04. The summed E-state index contributed by atoms with van der Waals surface area (Å²) in [5, 5.41) is 11.0. The van der Waals surface area contributed by atoms with E-state index in [4.69, 9.17) is 0 Å². The van der Waals surface area contributed by atoms with E-state index in [1.165, 1.54) is 0 Å². The molecule has 0 bridgehead atoms. The number of carbonyl (C=O) groups is 4. The summed E-state index contributed by atoms with van der Waals surface area (Å²) in [7, 11) is 0. The van der Waals surface area contributed by atoms with E-state index in [-0.39, 0.29) is 49.8 Å². The molecule has 0 spiro atoms. The fourth-order valence-electron chi connectivity index (χ4n) is 5.04. The molecule has 4 aromatic heterocycles. The van der Waals surface area contributed by atoms with Crippen molar-refractivity contribution in [2.24, 2.45) is 0 Å². The average Bonchev–Trinajstić information content (AvgIpc) is 3.88. The van der Waals surface area contributed by atoms with Crippen molar-refractivity contribution < 1.29 is 19.2 Å². The highest BCUT2D eigenvalue weighted by Crippen LogP contribution is 2.05. The van der Waals surface area contributed by atoms with E-state index in [1.54, 1.807) is 49.6 Å². The number of amides is 4. The zero-order valence-corrected chi connectivity index (χ0v) is 26.3. The maximum atomic E-state index is 12.9. The Balaban J connectivity index is 1.29. The molecule has 1 fully saturated rings. The molecule has 20 heteroatoms. The van der Waals surface area contributed by atoms with Crippen LogP contribution in [-0.4, -0.2) is 162 Å². The van der Waals surface area contributed by atoms with Gasteiger partial charge in [-0.05, 0) is 0 Å². The zero-order valence-electron chi connectivity index (χ0n) is 26.3. The molecular weight excluding hydrogens is 624 g/mol. The standard InChI is InChI=1S/C28H40N16O4/c45-21(37-25-29-1-2-30-25)17-41-9-11-42(18-22(46)38-26-31-3-4-32-26)13-15-44(20-24(48)40-28-35-7-8-36-28)16-14-43(12-10-41)19-23(47)39-27-33-5-6-34-27/h1-8H,9-20H2,(H2,29,30,37,45)(H2,31,32,38,46)(H2,33,34,39,47)(H2,35,36,40,48). The van der Waals surface area contributed by atoms with Gasteiger partial charge in [-0.3, -0.25) is 60.0 Å². The van der Waals surface area contributed by atoms with E-state index in [9.17, 15) is 19.2 Å². The number of rotatable bonds is 12. The van der Waals surface area contributed by atoms with Crippen molar-refractivity contribution in [3.8, 4) is 0 Å². The van der Waals surface area contributed by atoms with Crippen molar-refractivity contribution in [3.63, 3.8) is 0 Å². The Morgan fingerprint density at radius 2 is 0.646 bits per heavy atom. The minimum atomic E-state index is -0.255. The van der Waals surface area contributed by atoms with Gasteiger partial charge in [0.2, 0.25) is 47.4 Å². The van der Waals surface area contributed by atoms with E-state index in [0.29, 0.717) is 76.2 Å². The first kappa shape index (κ1) is 33.9. The van der Waals surface area contributed by atoms with Gasteiger partial charge in [0.05, 0.1) is 26.2 Å². The molecule has 1 saturated heterocycles. The third kappa shape index (κ3) is 11.4. The van der Waals surface area contributed by atoms with E-state index in [1.807, 2.05) is 19.6 Å². The molecule has 256 valence electrons. The Bertz CT molecular complexity index is 1290. The highest BCUT2D eigenvalue weighted by molar-refractivity contribution is 5.92. The lowest BCUT2D eigenvalue weighted by Gasteiger charge is -2.33. The molecule has 4 amide bonds. The molecule has 0 radical (unpaired) electrons. The molecule has 1 aliphatic heterocycles. The van der Waals surface area contributed by atoms with Crippen molar-refractivity contribution in [1.29, 1.82) is 0 Å². The Labute approximate surface area is 275 Å². The van der Waals surface area contributed by atoms with Gasteiger partial charge in [-0.2, -0.15) is 0 Å². The first-order valence-corrected chi connectivity index (χ1v) is 15.4. The van der Waals surface area contributed by atoms with Crippen LogP contribution in [0.2, 0.25) is 0 Å². The van der Waals surface area contributed by atoms with Crippen LogP contribution < -0.4 is 21.3 Å². The number of imidazole rings is 4. The van der Waals surface area contributed by atoms with Gasteiger partial charge in [-0.25, -0.2) is 19.9 Å². The van der Waals surface area contributed by atoms with Gasteiger partial charge in [0.1, 0.15) is 0 Å². The molecule has 0 saturated carbocycles. The van der Waals surface area contributed by atoms with Gasteiger partial charge in [0.25, 0.3) is 0 Å². The summed E-state index contributed by atoms with van der Waals surface area (Å²) in [4.78, 5) is 87.4. The first-order valence-electron chi connectivity index (χ1n) is 15.4. The smallest absolute Gasteiger partial charge is 0.240 e. The van der Waals surface area contributed by atoms with Gasteiger partial charge < -0.3 is 19.9 Å². The van der Waals surface area contributed by atoms with Crippen LogP contribution in [0.4, 0.5) is 23.8 Å². The van der Waals surface area contributed by atoms with Crippen molar-refractivity contribution in [2.75, 3.05) is 99.8 Å². The summed E-state index contributed by atoms with van der Waals surface area (Å²) in [6, 6.07) is 0. The summed E-state index contributed by atoms with van der Waals surface area (Å²) < 4.78 is 0. The molecule has 0 aliphatic carbocycles. The monoisotopic (exact) mass is 664 g/mol. The topological polar surface area (TPSA) is 244 Å². The Hall–Kier alpha value is -5.44.